The molecule has 0 bridgehead atoms. The zero-order valence-corrected chi connectivity index (χ0v) is 10.4. The van der Waals surface area contributed by atoms with Crippen LogP contribution in [0.4, 0.5) is 4.39 Å². The summed E-state index contributed by atoms with van der Waals surface area (Å²) in [5, 5.41) is 12.4. The van der Waals surface area contributed by atoms with Crippen LogP contribution in [-0.4, -0.2) is 18.3 Å². The van der Waals surface area contributed by atoms with Gasteiger partial charge in [0.25, 0.3) is 0 Å². The molecule has 0 saturated heterocycles. The number of halogens is 2. The van der Waals surface area contributed by atoms with Crippen LogP contribution in [0.3, 0.4) is 0 Å². The Bertz CT molecular complexity index is 393. The fourth-order valence-corrected chi connectivity index (χ4v) is 2.17. The first kappa shape index (κ1) is 12.8. The molecular weight excluding hydrogens is 241 g/mol. The lowest BCUT2D eigenvalue weighted by Gasteiger charge is -2.14. The van der Waals surface area contributed by atoms with Crippen LogP contribution in [0.2, 0.25) is 5.02 Å². The lowest BCUT2D eigenvalue weighted by molar-refractivity contribution is 0.245. The maximum Gasteiger partial charge on any atom is 0.142 e. The molecule has 0 aromatic heterocycles. The summed E-state index contributed by atoms with van der Waals surface area (Å²) in [6.07, 6.45) is 3.21. The summed E-state index contributed by atoms with van der Waals surface area (Å²) in [4.78, 5) is 0. The monoisotopic (exact) mass is 257 g/mol. The Labute approximate surface area is 106 Å². The van der Waals surface area contributed by atoms with E-state index >= 15 is 0 Å². The van der Waals surface area contributed by atoms with Crippen molar-refractivity contribution in [2.75, 3.05) is 13.2 Å². The maximum absolute atomic E-state index is 13.2. The molecule has 4 heteroatoms. The molecule has 1 fully saturated rings. The van der Waals surface area contributed by atoms with Crippen LogP contribution in [0.25, 0.3) is 0 Å². The normalized spacial score (nSPS) is 17.1. The summed E-state index contributed by atoms with van der Waals surface area (Å²) in [5.41, 5.74) is 1.19. The van der Waals surface area contributed by atoms with Gasteiger partial charge in [0.15, 0.2) is 0 Å². The molecule has 2 N–H and O–H groups in total. The zero-order valence-electron chi connectivity index (χ0n) is 9.68. The standard InChI is InChI=1S/C13H17ClFNO/c14-11-2-1-10(7-12(11)15)8-16-9-13(3-4-13)5-6-17/h1-2,7,16-17H,3-6,8-9H2. The Morgan fingerprint density at radius 1 is 1.41 bits per heavy atom. The van der Waals surface area contributed by atoms with E-state index in [9.17, 15) is 4.39 Å². The summed E-state index contributed by atoms with van der Waals surface area (Å²) < 4.78 is 13.2. The quantitative estimate of drug-likeness (QED) is 0.821. The summed E-state index contributed by atoms with van der Waals surface area (Å²) in [6, 6.07) is 4.86. The van der Waals surface area contributed by atoms with Crippen molar-refractivity contribution in [3.8, 4) is 0 Å². The average molecular weight is 258 g/mol. The summed E-state index contributed by atoms with van der Waals surface area (Å²) in [6.45, 7) is 1.77. The molecule has 0 atom stereocenters. The molecule has 17 heavy (non-hydrogen) atoms. The zero-order chi connectivity index (χ0) is 12.3. The predicted molar refractivity (Wildman–Crippen MR) is 66.5 cm³/mol. The first-order valence-electron chi connectivity index (χ1n) is 5.91. The van der Waals surface area contributed by atoms with Crippen LogP contribution in [0.5, 0.6) is 0 Å². The van der Waals surface area contributed by atoms with Gasteiger partial charge >= 0.3 is 0 Å². The number of nitrogens with one attached hydrogen (secondary N) is 1. The largest absolute Gasteiger partial charge is 0.396 e. The lowest BCUT2D eigenvalue weighted by Crippen LogP contribution is -2.24. The van der Waals surface area contributed by atoms with E-state index in [1.54, 1.807) is 6.07 Å². The molecule has 1 saturated carbocycles. The predicted octanol–water partition coefficient (Wildman–Crippen LogP) is 2.73. The molecule has 1 aromatic rings. The third kappa shape index (κ3) is 3.41. The van der Waals surface area contributed by atoms with Crippen molar-refractivity contribution in [3.63, 3.8) is 0 Å². The highest BCUT2D eigenvalue weighted by molar-refractivity contribution is 6.30. The van der Waals surface area contributed by atoms with Gasteiger partial charge in [-0.05, 0) is 42.4 Å². The van der Waals surface area contributed by atoms with E-state index in [-0.39, 0.29) is 17.4 Å². The van der Waals surface area contributed by atoms with Gasteiger partial charge in [0.2, 0.25) is 0 Å². The third-order valence-electron chi connectivity index (χ3n) is 3.41. The van der Waals surface area contributed by atoms with E-state index in [2.05, 4.69) is 5.32 Å². The molecule has 0 heterocycles. The van der Waals surface area contributed by atoms with Crippen molar-refractivity contribution < 1.29 is 9.50 Å². The SMILES string of the molecule is OCCC1(CNCc2ccc(Cl)c(F)c2)CC1. The van der Waals surface area contributed by atoms with E-state index in [0.717, 1.165) is 18.5 Å². The van der Waals surface area contributed by atoms with Crippen molar-refractivity contribution in [1.29, 1.82) is 0 Å². The minimum Gasteiger partial charge on any atom is -0.396 e. The second-order valence-corrected chi connectivity index (χ2v) is 5.23. The van der Waals surface area contributed by atoms with E-state index in [4.69, 9.17) is 16.7 Å². The van der Waals surface area contributed by atoms with Crippen LogP contribution in [-0.2, 0) is 6.54 Å². The van der Waals surface area contributed by atoms with Gasteiger partial charge in [0.1, 0.15) is 5.82 Å². The fraction of sp³-hybridized carbons (Fsp3) is 0.538. The van der Waals surface area contributed by atoms with E-state index in [1.165, 1.54) is 18.9 Å². The highest BCUT2D eigenvalue weighted by atomic mass is 35.5. The van der Waals surface area contributed by atoms with Gasteiger partial charge in [-0.3, -0.25) is 0 Å². The Morgan fingerprint density at radius 3 is 2.76 bits per heavy atom. The Kier molecular flexibility index (Phi) is 4.02. The van der Waals surface area contributed by atoms with Gasteiger partial charge in [0, 0.05) is 19.7 Å². The Balaban J connectivity index is 1.80. The summed E-state index contributed by atoms with van der Waals surface area (Å²) in [7, 11) is 0. The first-order valence-corrected chi connectivity index (χ1v) is 6.29. The smallest absolute Gasteiger partial charge is 0.142 e. The molecule has 94 valence electrons. The number of benzene rings is 1. The lowest BCUT2D eigenvalue weighted by atomic mass is 10.0. The molecule has 0 spiro atoms. The highest BCUT2D eigenvalue weighted by Gasteiger charge is 2.41. The van der Waals surface area contributed by atoms with E-state index < -0.39 is 0 Å². The molecule has 1 aromatic carbocycles. The van der Waals surface area contributed by atoms with Crippen molar-refractivity contribution >= 4 is 11.6 Å². The van der Waals surface area contributed by atoms with E-state index in [1.807, 2.05) is 6.07 Å². The minimum atomic E-state index is -0.373. The number of hydrogen-bond acceptors (Lipinski definition) is 2. The Morgan fingerprint density at radius 2 is 2.18 bits per heavy atom. The maximum atomic E-state index is 13.2. The highest BCUT2D eigenvalue weighted by Crippen LogP contribution is 2.47. The number of hydrogen-bond donors (Lipinski definition) is 2. The third-order valence-corrected chi connectivity index (χ3v) is 3.72. The van der Waals surface area contributed by atoms with Gasteiger partial charge in [-0.25, -0.2) is 4.39 Å². The van der Waals surface area contributed by atoms with Gasteiger partial charge in [0.05, 0.1) is 5.02 Å². The number of aliphatic hydroxyl groups excluding tert-OH is 1. The second-order valence-electron chi connectivity index (χ2n) is 4.83. The molecule has 2 rings (SSSR count). The number of aliphatic hydroxyl groups is 1. The first-order chi connectivity index (χ1) is 8.15. The second kappa shape index (κ2) is 5.34. The van der Waals surface area contributed by atoms with Gasteiger partial charge in [-0.2, -0.15) is 0 Å². The average Bonchev–Trinajstić information content (AvgIpc) is 3.04. The molecule has 0 unspecified atom stereocenters. The molecule has 1 aliphatic rings. The summed E-state index contributed by atoms with van der Waals surface area (Å²) >= 11 is 5.62. The molecule has 0 aliphatic heterocycles. The molecule has 0 amide bonds. The molecular formula is C13H17ClFNO. The van der Waals surface area contributed by atoms with Gasteiger partial charge in [-0.1, -0.05) is 17.7 Å². The van der Waals surface area contributed by atoms with Crippen LogP contribution < -0.4 is 5.32 Å². The minimum absolute atomic E-state index is 0.160. The number of rotatable bonds is 6. The van der Waals surface area contributed by atoms with Crippen molar-refractivity contribution in [1.82, 2.24) is 5.32 Å². The molecule has 1 aliphatic carbocycles. The van der Waals surface area contributed by atoms with Gasteiger partial charge in [-0.15, -0.1) is 0 Å². The fourth-order valence-electron chi connectivity index (χ4n) is 2.05. The Hall–Kier alpha value is -0.640. The van der Waals surface area contributed by atoms with Gasteiger partial charge < -0.3 is 10.4 Å². The van der Waals surface area contributed by atoms with Crippen LogP contribution in [0, 0.1) is 11.2 Å². The van der Waals surface area contributed by atoms with E-state index in [0.29, 0.717) is 12.0 Å². The molecule has 2 nitrogen and oxygen atoms in total. The van der Waals surface area contributed by atoms with Crippen molar-refractivity contribution in [3.05, 3.63) is 34.6 Å². The van der Waals surface area contributed by atoms with Crippen molar-refractivity contribution in [2.45, 2.75) is 25.8 Å². The topological polar surface area (TPSA) is 32.3 Å². The van der Waals surface area contributed by atoms with Crippen molar-refractivity contribution in [2.24, 2.45) is 5.41 Å². The summed E-state index contributed by atoms with van der Waals surface area (Å²) in [5.74, 6) is -0.373. The molecule has 0 radical (unpaired) electrons. The van der Waals surface area contributed by atoms with Crippen LogP contribution in [0.15, 0.2) is 18.2 Å². The van der Waals surface area contributed by atoms with Crippen LogP contribution >= 0.6 is 11.6 Å². The van der Waals surface area contributed by atoms with Crippen LogP contribution in [0.1, 0.15) is 24.8 Å².